The molecule has 332 valence electrons. The number of nitrogens with zero attached hydrogens (tertiary/aromatic N) is 6. The Bertz CT molecular complexity index is 3170. The van der Waals surface area contributed by atoms with Crippen molar-refractivity contribution in [2.45, 2.75) is 26.5 Å². The number of azo groups is 3. The second-order valence-corrected chi connectivity index (χ2v) is 18.5. The number of hydrogen-bond donors (Lipinski definition) is 12. The van der Waals surface area contributed by atoms with Crippen molar-refractivity contribution >= 4 is 109 Å². The third kappa shape index (κ3) is 9.65. The van der Waals surface area contributed by atoms with Crippen molar-refractivity contribution in [3.63, 3.8) is 0 Å². The monoisotopic (exact) mass is 949 g/mol. The van der Waals surface area contributed by atoms with Crippen molar-refractivity contribution in [1.29, 1.82) is 0 Å². The van der Waals surface area contributed by atoms with Gasteiger partial charge < -0.3 is 53.1 Å². The van der Waals surface area contributed by atoms with Crippen LogP contribution in [0.15, 0.2) is 129 Å². The molecule has 0 saturated heterocycles. The minimum Gasteiger partial charge on any atom is -0.505 e. The van der Waals surface area contributed by atoms with Gasteiger partial charge in [-0.25, -0.2) is 4.79 Å². The zero-order valence-electron chi connectivity index (χ0n) is 31.5. The topological polar surface area (TPSA) is 417 Å². The Morgan fingerprint density at radius 3 is 1.75 bits per heavy atom. The minimum atomic E-state index is -5.40. The number of anilines is 1. The zero-order chi connectivity index (χ0) is 46.4. The third-order valence-corrected chi connectivity index (χ3v) is 12.2. The summed E-state index contributed by atoms with van der Waals surface area (Å²) in [5, 5.41) is 52.8. The molecule has 0 radical (unpaired) electrons. The summed E-state index contributed by atoms with van der Waals surface area (Å²) in [4.78, 5) is 7.62. The Kier molecular flexibility index (Phi) is 12.5. The fourth-order valence-corrected chi connectivity index (χ4v) is 8.60. The number of benzene rings is 6. The number of fused-ring (bicyclic) bond motifs is 2. The van der Waals surface area contributed by atoms with Crippen LogP contribution in [-0.2, 0) is 20.2 Å². The van der Waals surface area contributed by atoms with Gasteiger partial charge in [0.1, 0.15) is 65.7 Å². The fourth-order valence-electron chi connectivity index (χ4n) is 5.90. The second kappa shape index (κ2) is 17.0. The van der Waals surface area contributed by atoms with Crippen LogP contribution in [0.4, 0.5) is 39.8 Å². The van der Waals surface area contributed by atoms with E-state index in [1.54, 1.807) is 6.92 Å². The molecule has 0 aromatic heterocycles. The van der Waals surface area contributed by atoms with Gasteiger partial charge in [-0.2, -0.15) is 21.9 Å². The molecule has 0 bridgehead atoms. The molecule has 0 fully saturated rings. The highest BCUT2D eigenvalue weighted by Gasteiger charge is 2.31. The normalized spacial score (nSPS) is 13.5. The highest BCUT2D eigenvalue weighted by Crippen LogP contribution is 2.57. The van der Waals surface area contributed by atoms with Crippen LogP contribution in [0.25, 0.3) is 21.5 Å². The van der Waals surface area contributed by atoms with Crippen LogP contribution in [0.1, 0.15) is 17.3 Å². The molecular formula is C35H31N7O17S4. The van der Waals surface area contributed by atoms with E-state index in [9.17, 15) is 73.4 Å². The molecule has 6 aromatic carbocycles. The molecule has 28 heteroatoms. The van der Waals surface area contributed by atoms with E-state index in [1.165, 1.54) is 42.5 Å². The van der Waals surface area contributed by atoms with Gasteiger partial charge in [0.05, 0.1) is 38.7 Å². The Hall–Kier alpha value is -6.41. The Balaban J connectivity index is 1.58. The smallest absolute Gasteiger partial charge is 0.337 e. The van der Waals surface area contributed by atoms with Gasteiger partial charge in [-0.15, -0.1) is 25.6 Å². The molecule has 0 unspecified atom stereocenters. The molecule has 63 heavy (non-hydrogen) atoms. The lowest BCUT2D eigenvalue weighted by Gasteiger charge is -2.23. The molecule has 13 N–H and O–H groups in total. The first-order chi connectivity index (χ1) is 29.3. The summed E-state index contributed by atoms with van der Waals surface area (Å²) in [5.74, 6) is -3.20. The molecule has 0 aliphatic rings. The molecule has 0 spiro atoms. The van der Waals surface area contributed by atoms with Crippen LogP contribution in [0.3, 0.4) is 0 Å². The molecule has 24 nitrogen and oxygen atoms in total. The Morgan fingerprint density at radius 2 is 1.16 bits per heavy atom. The summed E-state index contributed by atoms with van der Waals surface area (Å²) in [7, 11) is -20.3. The van der Waals surface area contributed by atoms with E-state index < -0.39 is 124 Å². The van der Waals surface area contributed by atoms with Crippen LogP contribution >= 0.6 is 21.7 Å². The maximum absolute atomic E-state index is 12.7. The van der Waals surface area contributed by atoms with Gasteiger partial charge in [-0.1, -0.05) is 12.1 Å². The minimum absolute atomic E-state index is 0.140. The first kappa shape index (κ1) is 46.1. The largest absolute Gasteiger partial charge is 0.505 e. The molecule has 6 rings (SSSR count). The number of phenolic OH excluding ortho intramolecular Hbond substituents is 2. The van der Waals surface area contributed by atoms with Gasteiger partial charge in [0.2, 0.25) is 0 Å². The maximum atomic E-state index is 12.7. The number of nitrogens with two attached hydrogens (primary N) is 1. The molecule has 6 aromatic rings. The predicted octanol–water partition coefficient (Wildman–Crippen LogP) is 9.99. The number of hydrogen-bond acceptors (Lipinski definition) is 21. The molecule has 0 saturated carbocycles. The van der Waals surface area contributed by atoms with Crippen molar-refractivity contribution in [2.24, 2.45) is 30.7 Å². The molecular weight excluding hydrogens is 919 g/mol. The van der Waals surface area contributed by atoms with E-state index in [2.05, 4.69) is 30.7 Å². The van der Waals surface area contributed by atoms with Crippen LogP contribution in [0.5, 0.6) is 17.2 Å². The van der Waals surface area contributed by atoms with E-state index in [0.717, 1.165) is 24.3 Å². The molecule has 0 atom stereocenters. The van der Waals surface area contributed by atoms with Crippen molar-refractivity contribution in [2.75, 3.05) is 12.3 Å². The van der Waals surface area contributed by atoms with Gasteiger partial charge in [-0.05, 0) is 79.0 Å². The van der Waals surface area contributed by atoms with Crippen molar-refractivity contribution < 1.29 is 78.1 Å². The molecule has 0 amide bonds. The third-order valence-electron chi connectivity index (χ3n) is 8.67. The number of carboxylic acid groups (broad SMARTS) is 1. The second-order valence-electron chi connectivity index (χ2n) is 12.8. The number of aromatic hydroxyl groups is 2. The summed E-state index contributed by atoms with van der Waals surface area (Å²) >= 11 is 0. The van der Waals surface area contributed by atoms with Crippen molar-refractivity contribution in [3.8, 4) is 17.2 Å². The van der Waals surface area contributed by atoms with E-state index in [0.29, 0.717) is 24.5 Å². The lowest BCUT2D eigenvalue weighted by atomic mass is 10.0. The van der Waals surface area contributed by atoms with Gasteiger partial charge in [0, 0.05) is 10.8 Å². The lowest BCUT2D eigenvalue weighted by molar-refractivity contribution is 0.0697. The number of aromatic carboxylic acids is 1. The number of nitrogen functional groups attached to an aromatic ring is 1. The van der Waals surface area contributed by atoms with Crippen LogP contribution in [0.2, 0.25) is 0 Å². The highest BCUT2D eigenvalue weighted by molar-refractivity contribution is 8.19. The summed E-state index contributed by atoms with van der Waals surface area (Å²) in [6.07, 6.45) is 0. The summed E-state index contributed by atoms with van der Waals surface area (Å²) in [6, 6.07) is 14.4. The quantitative estimate of drug-likeness (QED) is 0.0291. The maximum Gasteiger partial charge on any atom is 0.337 e. The first-order valence-corrected chi connectivity index (χ1v) is 22.9. The van der Waals surface area contributed by atoms with Crippen LogP contribution in [0, 0.1) is 0 Å². The van der Waals surface area contributed by atoms with E-state index in [1.807, 2.05) is 0 Å². The van der Waals surface area contributed by atoms with Gasteiger partial charge in [0.25, 0.3) is 20.2 Å². The number of rotatable bonds is 13. The number of phenols is 2. The number of ether oxygens (including phenoxy) is 1. The summed E-state index contributed by atoms with van der Waals surface area (Å²) in [6.45, 7) is 2.11. The summed E-state index contributed by atoms with van der Waals surface area (Å²) in [5.41, 5.74) is 1.74. The average Bonchev–Trinajstić information content (AvgIpc) is 3.18. The van der Waals surface area contributed by atoms with E-state index >= 15 is 0 Å². The first-order valence-electron chi connectivity index (χ1n) is 17.0. The van der Waals surface area contributed by atoms with Crippen LogP contribution in [-0.4, -0.2) is 81.2 Å². The van der Waals surface area contributed by atoms with E-state index in [4.69, 9.17) is 10.5 Å². The number of carboxylic acids is 1. The molecule has 0 aliphatic heterocycles. The average molecular weight is 950 g/mol. The fraction of sp³-hybridized carbons (Fsp3) is 0.0571. The van der Waals surface area contributed by atoms with Crippen molar-refractivity contribution in [1.82, 2.24) is 0 Å². The Morgan fingerprint density at radius 1 is 0.603 bits per heavy atom. The predicted molar refractivity (Wildman–Crippen MR) is 226 cm³/mol. The SMILES string of the molecule is CCOc1ccc(N=Nc2c(S(=O)(=O)O)cc3cc(S(O)(O)O)c(N=Nc4cc(S(=O)(=O)O)c5cc(S(O)(O)O)c(N=Nc6ccccc6C(=O)O)c(O)c5c4N)cc3c2O)cc1. The van der Waals surface area contributed by atoms with E-state index in [-0.39, 0.29) is 22.1 Å². The van der Waals surface area contributed by atoms with Gasteiger partial charge >= 0.3 is 5.97 Å². The van der Waals surface area contributed by atoms with Crippen molar-refractivity contribution in [3.05, 3.63) is 84.4 Å². The highest BCUT2D eigenvalue weighted by atomic mass is 32.3. The molecule has 0 heterocycles. The van der Waals surface area contributed by atoms with Gasteiger partial charge in [0.15, 0.2) is 11.5 Å². The summed E-state index contributed by atoms with van der Waals surface area (Å²) < 4.78 is 138. The zero-order valence-corrected chi connectivity index (χ0v) is 34.7. The van der Waals surface area contributed by atoms with Crippen LogP contribution < -0.4 is 10.5 Å². The number of carbonyl (C=O) groups is 1. The standard InChI is InChI=1S/C35H31N7O17S4/c1-2-59-18-9-7-17(8-10-18)37-41-31-27(62(53,54)55)12-16-11-26(61(50,51)52)23(13-20(16)33(31)43)39-40-24-15-25(60(47,48)49)21-14-28(63(56,57)58)32(34(44)29(21)30(24)36)42-38-22-6-4-3-5-19(22)35(45)46/h3-15,43-44,50-52,56-58H,2,36H2,1H3,(H,45,46)(H,47,48,49)(H,53,54,55). The Labute approximate surface area is 357 Å². The lowest BCUT2D eigenvalue weighted by Crippen LogP contribution is -2.03. The molecule has 0 aliphatic carbocycles. The van der Waals surface area contributed by atoms with Gasteiger partial charge in [-0.3, -0.25) is 9.11 Å².